The van der Waals surface area contributed by atoms with Crippen LogP contribution >= 0.6 is 0 Å². The summed E-state index contributed by atoms with van der Waals surface area (Å²) in [5, 5.41) is 0. The highest BCUT2D eigenvalue weighted by Crippen LogP contribution is 2.32. The summed E-state index contributed by atoms with van der Waals surface area (Å²) in [6.45, 7) is 4.28. The van der Waals surface area contributed by atoms with Gasteiger partial charge in [-0.15, -0.1) is 0 Å². The molecule has 1 aromatic heterocycles. The second-order valence-corrected chi connectivity index (χ2v) is 5.82. The molecule has 1 atom stereocenters. The van der Waals surface area contributed by atoms with Crippen LogP contribution in [0.3, 0.4) is 0 Å². The van der Waals surface area contributed by atoms with E-state index >= 15 is 0 Å². The molecule has 0 saturated carbocycles. The van der Waals surface area contributed by atoms with E-state index < -0.39 is 0 Å². The zero-order chi connectivity index (χ0) is 14.8. The number of allylic oxidation sites excluding steroid dienone is 2. The maximum Gasteiger partial charge on any atom is 0.123 e. The average molecular weight is 281 g/mol. The number of rotatable bonds is 3. The SMILES string of the molecule is CCc1ccc2c(n1)CC(C)=CC2Cc1cccc(F)c1. The van der Waals surface area contributed by atoms with Crippen LogP contribution in [0.25, 0.3) is 0 Å². The minimum absolute atomic E-state index is 0.163. The maximum atomic E-state index is 13.4. The van der Waals surface area contributed by atoms with E-state index in [2.05, 4.69) is 32.1 Å². The number of benzene rings is 1. The molecule has 0 aliphatic heterocycles. The van der Waals surface area contributed by atoms with Gasteiger partial charge in [-0.25, -0.2) is 4.39 Å². The molecule has 1 heterocycles. The smallest absolute Gasteiger partial charge is 0.123 e. The van der Waals surface area contributed by atoms with Crippen molar-refractivity contribution in [1.82, 2.24) is 4.98 Å². The van der Waals surface area contributed by atoms with E-state index in [0.29, 0.717) is 5.92 Å². The summed E-state index contributed by atoms with van der Waals surface area (Å²) in [7, 11) is 0. The maximum absolute atomic E-state index is 13.4. The monoisotopic (exact) mass is 281 g/mol. The van der Waals surface area contributed by atoms with Crippen molar-refractivity contribution in [2.24, 2.45) is 0 Å². The molecule has 0 saturated heterocycles. The van der Waals surface area contributed by atoms with E-state index in [4.69, 9.17) is 4.98 Å². The van der Waals surface area contributed by atoms with E-state index in [1.54, 1.807) is 12.1 Å². The molecule has 0 bridgehead atoms. The Kier molecular flexibility index (Phi) is 3.87. The van der Waals surface area contributed by atoms with Crippen molar-refractivity contribution in [2.45, 2.75) is 39.0 Å². The van der Waals surface area contributed by atoms with Crippen LogP contribution in [-0.2, 0) is 19.3 Å². The van der Waals surface area contributed by atoms with Crippen LogP contribution < -0.4 is 0 Å². The van der Waals surface area contributed by atoms with Gasteiger partial charge in [-0.2, -0.15) is 0 Å². The molecule has 0 amide bonds. The lowest BCUT2D eigenvalue weighted by atomic mass is 9.83. The molecule has 2 aromatic rings. The van der Waals surface area contributed by atoms with Gasteiger partial charge in [-0.05, 0) is 49.1 Å². The summed E-state index contributed by atoms with van der Waals surface area (Å²) in [5.74, 6) is 0.137. The largest absolute Gasteiger partial charge is 0.257 e. The van der Waals surface area contributed by atoms with E-state index in [-0.39, 0.29) is 5.82 Å². The number of hydrogen-bond donors (Lipinski definition) is 0. The fourth-order valence-electron chi connectivity index (χ4n) is 3.08. The number of pyridine rings is 1. The van der Waals surface area contributed by atoms with Crippen LogP contribution in [0.15, 0.2) is 48.0 Å². The van der Waals surface area contributed by atoms with Gasteiger partial charge in [0.25, 0.3) is 0 Å². The molecule has 0 fully saturated rings. The fraction of sp³-hybridized carbons (Fsp3) is 0.316. The standard InChI is InChI=1S/C19H20FN/c1-3-17-7-8-18-15(9-13(2)10-19(18)21-17)11-14-5-4-6-16(20)12-14/h4-9,12,15H,3,10-11H2,1-2H3. The highest BCUT2D eigenvalue weighted by Gasteiger charge is 2.20. The quantitative estimate of drug-likeness (QED) is 0.749. The first-order chi connectivity index (χ1) is 10.2. The van der Waals surface area contributed by atoms with Gasteiger partial charge in [-0.3, -0.25) is 4.98 Å². The van der Waals surface area contributed by atoms with Gasteiger partial charge in [0.1, 0.15) is 5.82 Å². The molecule has 108 valence electrons. The molecule has 1 unspecified atom stereocenters. The van der Waals surface area contributed by atoms with Crippen molar-refractivity contribution in [2.75, 3.05) is 0 Å². The van der Waals surface area contributed by atoms with Crippen LogP contribution in [0.2, 0.25) is 0 Å². The predicted molar refractivity (Wildman–Crippen MR) is 83.9 cm³/mol. The summed E-state index contributed by atoms with van der Waals surface area (Å²) in [6.07, 6.45) is 5.03. The number of fused-ring (bicyclic) bond motifs is 1. The molecular formula is C19H20FN. The first kappa shape index (κ1) is 14.0. The van der Waals surface area contributed by atoms with E-state index in [9.17, 15) is 4.39 Å². The minimum atomic E-state index is -0.163. The molecule has 0 radical (unpaired) electrons. The number of halogens is 1. The molecule has 2 heteroatoms. The van der Waals surface area contributed by atoms with Crippen LogP contribution in [-0.4, -0.2) is 4.98 Å². The van der Waals surface area contributed by atoms with Gasteiger partial charge in [0.15, 0.2) is 0 Å². The Hall–Kier alpha value is -1.96. The molecule has 0 spiro atoms. The highest BCUT2D eigenvalue weighted by molar-refractivity contribution is 5.39. The number of aryl methyl sites for hydroxylation is 1. The molecule has 1 nitrogen and oxygen atoms in total. The lowest BCUT2D eigenvalue weighted by molar-refractivity contribution is 0.624. The normalized spacial score (nSPS) is 17.3. The third kappa shape index (κ3) is 3.05. The van der Waals surface area contributed by atoms with Crippen molar-refractivity contribution >= 4 is 0 Å². The topological polar surface area (TPSA) is 12.9 Å². The number of aromatic nitrogens is 1. The Labute approximate surface area is 125 Å². The Morgan fingerprint density at radius 2 is 2.10 bits per heavy atom. The minimum Gasteiger partial charge on any atom is -0.257 e. The highest BCUT2D eigenvalue weighted by atomic mass is 19.1. The van der Waals surface area contributed by atoms with E-state index in [0.717, 1.165) is 30.5 Å². The van der Waals surface area contributed by atoms with Crippen LogP contribution in [0.1, 0.15) is 42.3 Å². The molecule has 3 rings (SSSR count). The van der Waals surface area contributed by atoms with Gasteiger partial charge in [0.05, 0.1) is 0 Å². The van der Waals surface area contributed by atoms with Crippen molar-refractivity contribution in [1.29, 1.82) is 0 Å². The Morgan fingerprint density at radius 1 is 1.24 bits per heavy atom. The van der Waals surface area contributed by atoms with Crippen LogP contribution in [0.4, 0.5) is 4.39 Å². The fourth-order valence-corrected chi connectivity index (χ4v) is 3.08. The molecule has 21 heavy (non-hydrogen) atoms. The molecular weight excluding hydrogens is 261 g/mol. The van der Waals surface area contributed by atoms with Crippen LogP contribution in [0, 0.1) is 5.82 Å². The number of hydrogen-bond acceptors (Lipinski definition) is 1. The third-order valence-electron chi connectivity index (χ3n) is 4.11. The van der Waals surface area contributed by atoms with Gasteiger partial charge < -0.3 is 0 Å². The zero-order valence-corrected chi connectivity index (χ0v) is 12.6. The third-order valence-corrected chi connectivity index (χ3v) is 4.11. The summed E-state index contributed by atoms with van der Waals surface area (Å²) >= 11 is 0. The Morgan fingerprint density at radius 3 is 2.86 bits per heavy atom. The van der Waals surface area contributed by atoms with Gasteiger partial charge in [0.2, 0.25) is 0 Å². The first-order valence-corrected chi connectivity index (χ1v) is 7.56. The zero-order valence-electron chi connectivity index (χ0n) is 12.6. The van der Waals surface area contributed by atoms with Gasteiger partial charge >= 0.3 is 0 Å². The average Bonchev–Trinajstić information content (AvgIpc) is 2.46. The predicted octanol–water partition coefficient (Wildman–Crippen LogP) is 4.61. The molecule has 1 aromatic carbocycles. The second-order valence-electron chi connectivity index (χ2n) is 5.82. The molecule has 1 aliphatic rings. The lowest BCUT2D eigenvalue weighted by Gasteiger charge is -2.23. The number of nitrogens with zero attached hydrogens (tertiary/aromatic N) is 1. The summed E-state index contributed by atoms with van der Waals surface area (Å²) in [6, 6.07) is 11.2. The van der Waals surface area contributed by atoms with Crippen molar-refractivity contribution in [3.8, 4) is 0 Å². The summed E-state index contributed by atoms with van der Waals surface area (Å²) < 4.78 is 13.4. The second kappa shape index (κ2) is 5.80. The molecule has 0 N–H and O–H groups in total. The van der Waals surface area contributed by atoms with Crippen molar-refractivity contribution < 1.29 is 4.39 Å². The van der Waals surface area contributed by atoms with Gasteiger partial charge in [0, 0.05) is 23.7 Å². The van der Waals surface area contributed by atoms with Crippen molar-refractivity contribution in [3.05, 3.63) is 76.4 Å². The summed E-state index contributed by atoms with van der Waals surface area (Å²) in [5.41, 5.74) is 6.02. The van der Waals surface area contributed by atoms with E-state index in [1.807, 2.05) is 6.07 Å². The van der Waals surface area contributed by atoms with Crippen LogP contribution in [0.5, 0.6) is 0 Å². The van der Waals surface area contributed by atoms with E-state index in [1.165, 1.54) is 22.9 Å². The lowest BCUT2D eigenvalue weighted by Crippen LogP contribution is -2.13. The first-order valence-electron chi connectivity index (χ1n) is 7.56. The molecule has 1 aliphatic carbocycles. The van der Waals surface area contributed by atoms with Gasteiger partial charge in [-0.1, -0.05) is 36.8 Å². The Bertz CT molecular complexity index is 688. The summed E-state index contributed by atoms with van der Waals surface area (Å²) in [4.78, 5) is 4.78. The van der Waals surface area contributed by atoms with Crippen molar-refractivity contribution in [3.63, 3.8) is 0 Å². The Balaban J connectivity index is 1.93.